The maximum absolute atomic E-state index is 5.61. The Labute approximate surface area is 103 Å². The van der Waals surface area contributed by atoms with Gasteiger partial charge in [0, 0.05) is 17.3 Å². The summed E-state index contributed by atoms with van der Waals surface area (Å²) >= 11 is 0. The van der Waals surface area contributed by atoms with Crippen LogP contribution >= 0.6 is 0 Å². The maximum Gasteiger partial charge on any atom is 0.226 e. The third kappa shape index (κ3) is 3.08. The molecule has 1 aliphatic rings. The van der Waals surface area contributed by atoms with Crippen LogP contribution in [0, 0.1) is 6.92 Å². The van der Waals surface area contributed by atoms with Crippen LogP contribution in [-0.2, 0) is 0 Å². The predicted octanol–water partition coefficient (Wildman–Crippen LogP) is 2.93. The van der Waals surface area contributed by atoms with Crippen LogP contribution in [0.25, 0.3) is 0 Å². The van der Waals surface area contributed by atoms with Crippen LogP contribution in [0.15, 0.2) is 6.07 Å². The number of aryl methyl sites for hydroxylation is 1. The van der Waals surface area contributed by atoms with Gasteiger partial charge in [-0.2, -0.15) is 4.98 Å². The zero-order chi connectivity index (χ0) is 12.5. The number of hydrogen-bond donors (Lipinski definition) is 1. The van der Waals surface area contributed by atoms with Gasteiger partial charge in [-0.25, -0.2) is 4.98 Å². The second-order valence-electron chi connectivity index (χ2n) is 5.38. The molecule has 4 nitrogen and oxygen atoms in total. The van der Waals surface area contributed by atoms with Crippen LogP contribution < -0.4 is 10.1 Å². The summed E-state index contributed by atoms with van der Waals surface area (Å²) in [5.74, 6) is 1.33. The number of anilines is 1. The molecule has 1 heterocycles. The number of rotatable bonds is 4. The first-order chi connectivity index (χ1) is 7.97. The van der Waals surface area contributed by atoms with Crippen molar-refractivity contribution in [2.45, 2.75) is 58.6 Å². The molecule has 17 heavy (non-hydrogen) atoms. The highest BCUT2D eigenvalue weighted by molar-refractivity contribution is 5.34. The number of aromatic nitrogens is 2. The van der Waals surface area contributed by atoms with Crippen molar-refractivity contribution in [3.8, 4) is 5.88 Å². The normalized spacial score (nSPS) is 17.7. The molecule has 0 saturated heterocycles. The number of nitrogens with zero attached hydrogens (tertiary/aromatic N) is 2. The van der Waals surface area contributed by atoms with E-state index in [1.165, 1.54) is 19.3 Å². The number of nitrogens with one attached hydrogen (secondary N) is 1. The summed E-state index contributed by atoms with van der Waals surface area (Å²) in [6, 6.07) is 1.87. The molecule has 94 valence electrons. The van der Waals surface area contributed by atoms with Crippen molar-refractivity contribution in [1.82, 2.24) is 9.97 Å². The van der Waals surface area contributed by atoms with Crippen LogP contribution in [0.2, 0.25) is 0 Å². The van der Waals surface area contributed by atoms with E-state index in [1.54, 1.807) is 0 Å². The van der Waals surface area contributed by atoms with Crippen LogP contribution in [0.1, 0.15) is 45.7 Å². The molecule has 1 aliphatic carbocycles. The standard InChI is InChI=1S/C13H21N3O/c1-9(2)17-11-8-10(3)14-12(15-11)16-13(4)6-5-7-13/h8-9H,5-7H2,1-4H3,(H,14,15,16). The Morgan fingerprint density at radius 3 is 2.59 bits per heavy atom. The van der Waals surface area contributed by atoms with Gasteiger partial charge in [-0.05, 0) is 47.0 Å². The van der Waals surface area contributed by atoms with Crippen LogP contribution in [-0.4, -0.2) is 21.6 Å². The lowest BCUT2D eigenvalue weighted by atomic mass is 9.79. The molecule has 0 amide bonds. The number of hydrogen-bond acceptors (Lipinski definition) is 4. The molecule has 2 rings (SSSR count). The van der Waals surface area contributed by atoms with Gasteiger partial charge in [0.25, 0.3) is 0 Å². The Morgan fingerprint density at radius 2 is 2.06 bits per heavy atom. The van der Waals surface area contributed by atoms with Gasteiger partial charge in [-0.1, -0.05) is 0 Å². The summed E-state index contributed by atoms with van der Waals surface area (Å²) in [6.07, 6.45) is 3.79. The minimum absolute atomic E-state index is 0.136. The van der Waals surface area contributed by atoms with Gasteiger partial charge in [0.05, 0.1) is 6.10 Å². The maximum atomic E-state index is 5.61. The first kappa shape index (κ1) is 12.1. The fraction of sp³-hybridized carbons (Fsp3) is 0.692. The topological polar surface area (TPSA) is 47.0 Å². The van der Waals surface area contributed by atoms with Crippen LogP contribution in [0.4, 0.5) is 5.95 Å². The molecule has 0 aliphatic heterocycles. The molecular weight excluding hydrogens is 214 g/mol. The van der Waals surface area contributed by atoms with E-state index >= 15 is 0 Å². The summed E-state index contributed by atoms with van der Waals surface area (Å²) in [6.45, 7) is 8.17. The molecule has 0 radical (unpaired) electrons. The first-order valence-corrected chi connectivity index (χ1v) is 6.27. The van der Waals surface area contributed by atoms with Crippen LogP contribution in [0.5, 0.6) is 5.88 Å². The van der Waals surface area contributed by atoms with Gasteiger partial charge < -0.3 is 10.1 Å². The van der Waals surface area contributed by atoms with E-state index in [2.05, 4.69) is 22.2 Å². The van der Waals surface area contributed by atoms with Crippen molar-refractivity contribution >= 4 is 5.95 Å². The lowest BCUT2D eigenvalue weighted by molar-refractivity contribution is 0.232. The van der Waals surface area contributed by atoms with Crippen molar-refractivity contribution in [3.05, 3.63) is 11.8 Å². The van der Waals surface area contributed by atoms with Gasteiger partial charge >= 0.3 is 0 Å². The van der Waals surface area contributed by atoms with Crippen molar-refractivity contribution < 1.29 is 4.74 Å². The van der Waals surface area contributed by atoms with E-state index < -0.39 is 0 Å². The monoisotopic (exact) mass is 235 g/mol. The average molecular weight is 235 g/mol. The molecule has 1 saturated carbocycles. The first-order valence-electron chi connectivity index (χ1n) is 6.27. The molecule has 0 bridgehead atoms. The highest BCUT2D eigenvalue weighted by Gasteiger charge is 2.32. The zero-order valence-electron chi connectivity index (χ0n) is 11.1. The van der Waals surface area contributed by atoms with Crippen molar-refractivity contribution in [3.63, 3.8) is 0 Å². The van der Waals surface area contributed by atoms with Crippen molar-refractivity contribution in [2.75, 3.05) is 5.32 Å². The smallest absolute Gasteiger partial charge is 0.226 e. The molecule has 0 spiro atoms. The van der Waals surface area contributed by atoms with Crippen molar-refractivity contribution in [1.29, 1.82) is 0 Å². The quantitative estimate of drug-likeness (QED) is 0.871. The molecule has 1 aromatic heterocycles. The average Bonchev–Trinajstić information content (AvgIpc) is 2.12. The Morgan fingerprint density at radius 1 is 1.35 bits per heavy atom. The largest absolute Gasteiger partial charge is 0.475 e. The summed E-state index contributed by atoms with van der Waals surface area (Å²) in [4.78, 5) is 8.80. The summed E-state index contributed by atoms with van der Waals surface area (Å²) in [5.41, 5.74) is 1.10. The molecule has 1 N–H and O–H groups in total. The molecule has 0 atom stereocenters. The lowest BCUT2D eigenvalue weighted by Crippen LogP contribution is -2.42. The van der Waals surface area contributed by atoms with E-state index in [0.29, 0.717) is 11.8 Å². The minimum Gasteiger partial charge on any atom is -0.475 e. The molecule has 4 heteroatoms. The molecule has 0 aromatic carbocycles. The van der Waals surface area contributed by atoms with E-state index in [4.69, 9.17) is 4.74 Å². The molecular formula is C13H21N3O. The Hall–Kier alpha value is -1.32. The summed E-state index contributed by atoms with van der Waals surface area (Å²) in [5, 5.41) is 3.41. The fourth-order valence-corrected chi connectivity index (χ4v) is 2.00. The van der Waals surface area contributed by atoms with Gasteiger partial charge in [0.1, 0.15) is 0 Å². The zero-order valence-corrected chi connectivity index (χ0v) is 11.1. The Balaban J connectivity index is 2.13. The van der Waals surface area contributed by atoms with E-state index in [-0.39, 0.29) is 11.6 Å². The third-order valence-corrected chi connectivity index (χ3v) is 3.06. The number of ether oxygens (including phenoxy) is 1. The summed E-state index contributed by atoms with van der Waals surface area (Å²) < 4.78 is 5.61. The lowest BCUT2D eigenvalue weighted by Gasteiger charge is -2.39. The van der Waals surface area contributed by atoms with Crippen LogP contribution in [0.3, 0.4) is 0 Å². The minimum atomic E-state index is 0.136. The fourth-order valence-electron chi connectivity index (χ4n) is 2.00. The van der Waals surface area contributed by atoms with Gasteiger partial charge in [0.2, 0.25) is 11.8 Å². The highest BCUT2D eigenvalue weighted by Crippen LogP contribution is 2.34. The molecule has 1 aromatic rings. The van der Waals surface area contributed by atoms with E-state index in [9.17, 15) is 0 Å². The SMILES string of the molecule is Cc1cc(OC(C)C)nc(NC2(C)CCC2)n1. The third-order valence-electron chi connectivity index (χ3n) is 3.06. The van der Waals surface area contributed by atoms with Gasteiger partial charge in [0.15, 0.2) is 0 Å². The predicted molar refractivity (Wildman–Crippen MR) is 68.4 cm³/mol. The Bertz CT molecular complexity index is 400. The molecule has 1 fully saturated rings. The summed E-state index contributed by atoms with van der Waals surface area (Å²) in [7, 11) is 0. The second kappa shape index (κ2) is 4.51. The van der Waals surface area contributed by atoms with Gasteiger partial charge in [-0.3, -0.25) is 0 Å². The van der Waals surface area contributed by atoms with Gasteiger partial charge in [-0.15, -0.1) is 0 Å². The Kier molecular flexibility index (Phi) is 3.22. The molecule has 0 unspecified atom stereocenters. The van der Waals surface area contributed by atoms with E-state index in [1.807, 2.05) is 26.8 Å². The highest BCUT2D eigenvalue weighted by atomic mass is 16.5. The van der Waals surface area contributed by atoms with E-state index in [0.717, 1.165) is 5.69 Å². The van der Waals surface area contributed by atoms with Crippen molar-refractivity contribution in [2.24, 2.45) is 0 Å². The second-order valence-corrected chi connectivity index (χ2v) is 5.38.